The van der Waals surface area contributed by atoms with Crippen LogP contribution in [-0.4, -0.2) is 37.1 Å². The maximum Gasteiger partial charge on any atom is 0.0223 e. The molecule has 0 radical (unpaired) electrons. The number of nitrogens with zero attached hydrogens (tertiary/aromatic N) is 1. The Hall–Kier alpha value is -0.0500. The van der Waals surface area contributed by atoms with Gasteiger partial charge in [0.2, 0.25) is 0 Å². The van der Waals surface area contributed by atoms with E-state index in [9.17, 15) is 0 Å². The van der Waals surface area contributed by atoms with Crippen LogP contribution < -0.4 is 5.32 Å². The van der Waals surface area contributed by atoms with Gasteiger partial charge in [-0.15, -0.1) is 0 Å². The maximum atomic E-state index is 5.68. The van der Waals surface area contributed by atoms with Crippen LogP contribution in [0.25, 0.3) is 0 Å². The summed E-state index contributed by atoms with van der Waals surface area (Å²) in [6, 6.07) is 0.742. The molecule has 80 valence electrons. The van der Waals surface area contributed by atoms with Crippen molar-refractivity contribution in [1.29, 1.82) is 0 Å². The lowest BCUT2D eigenvalue weighted by atomic mass is 10.1. The summed E-state index contributed by atoms with van der Waals surface area (Å²) >= 11 is 5.68. The summed E-state index contributed by atoms with van der Waals surface area (Å²) in [6.07, 6.45) is 2.85. The molecule has 0 amide bonds. The molecule has 0 aromatic carbocycles. The molecule has 0 bridgehead atoms. The van der Waals surface area contributed by atoms with Crippen molar-refractivity contribution in [2.75, 3.05) is 26.2 Å². The van der Waals surface area contributed by atoms with Crippen molar-refractivity contribution in [3.63, 3.8) is 0 Å². The smallest absolute Gasteiger partial charge is 0.0223 e. The molecule has 1 N–H and O–H groups in total. The summed E-state index contributed by atoms with van der Waals surface area (Å²) in [7, 11) is 0. The van der Waals surface area contributed by atoms with Gasteiger partial charge >= 0.3 is 0 Å². The lowest BCUT2D eigenvalue weighted by Gasteiger charge is -2.34. The van der Waals surface area contributed by atoms with Gasteiger partial charge in [-0.1, -0.05) is 11.6 Å². The minimum atomic E-state index is 0.742. The van der Waals surface area contributed by atoms with Crippen LogP contribution in [-0.2, 0) is 0 Å². The van der Waals surface area contributed by atoms with Gasteiger partial charge in [0, 0.05) is 37.8 Å². The summed E-state index contributed by atoms with van der Waals surface area (Å²) in [5, 5.41) is 3.61. The lowest BCUT2D eigenvalue weighted by molar-refractivity contribution is 0.202. The molecule has 1 saturated heterocycles. The van der Waals surface area contributed by atoms with E-state index in [0.29, 0.717) is 0 Å². The molecule has 2 rings (SSSR count). The third kappa shape index (κ3) is 2.72. The molecule has 2 nitrogen and oxygen atoms in total. The first-order valence-electron chi connectivity index (χ1n) is 5.51. The highest BCUT2D eigenvalue weighted by Gasteiger charge is 2.33. The Morgan fingerprint density at radius 2 is 2.36 bits per heavy atom. The molecule has 1 aliphatic carbocycles. The molecule has 1 aliphatic heterocycles. The van der Waals surface area contributed by atoms with E-state index < -0.39 is 0 Å². The molecule has 2 aliphatic rings. The Morgan fingerprint density at radius 1 is 1.57 bits per heavy atom. The van der Waals surface area contributed by atoms with E-state index in [2.05, 4.69) is 17.1 Å². The van der Waals surface area contributed by atoms with Crippen molar-refractivity contribution in [2.24, 2.45) is 5.92 Å². The Balaban J connectivity index is 1.81. The zero-order valence-corrected chi connectivity index (χ0v) is 9.56. The maximum absolute atomic E-state index is 5.68. The highest BCUT2D eigenvalue weighted by atomic mass is 35.5. The highest BCUT2D eigenvalue weighted by molar-refractivity contribution is 6.25. The van der Waals surface area contributed by atoms with Gasteiger partial charge in [0.25, 0.3) is 0 Å². The molecule has 1 unspecified atom stereocenters. The summed E-state index contributed by atoms with van der Waals surface area (Å²) in [6.45, 7) is 6.63. The minimum Gasteiger partial charge on any atom is -0.311 e. The second-order valence-electron chi connectivity index (χ2n) is 4.59. The first-order chi connectivity index (χ1) is 6.79. The van der Waals surface area contributed by atoms with E-state index in [1.54, 1.807) is 5.54 Å². The van der Waals surface area contributed by atoms with E-state index in [1.807, 2.05) is 0 Å². The normalized spacial score (nSPS) is 30.7. The Labute approximate surface area is 91.3 Å². The quantitative estimate of drug-likeness (QED) is 0.771. The topological polar surface area (TPSA) is 15.3 Å². The van der Waals surface area contributed by atoms with Crippen LogP contribution in [0.2, 0.25) is 0 Å². The number of nitrogens with one attached hydrogen (secondary N) is 1. The second kappa shape index (κ2) is 4.65. The highest BCUT2D eigenvalue weighted by Crippen LogP contribution is 2.33. The van der Waals surface area contributed by atoms with E-state index in [4.69, 9.17) is 11.6 Å². The second-order valence-corrected chi connectivity index (χ2v) is 4.81. The fraction of sp³-hybridized carbons (Fsp3) is 0.818. The van der Waals surface area contributed by atoms with Gasteiger partial charge in [-0.2, -0.15) is 0 Å². The molecule has 0 aromatic rings. The van der Waals surface area contributed by atoms with Gasteiger partial charge in [0.05, 0.1) is 0 Å². The van der Waals surface area contributed by atoms with E-state index >= 15 is 0 Å². The van der Waals surface area contributed by atoms with Crippen molar-refractivity contribution in [1.82, 2.24) is 10.2 Å². The van der Waals surface area contributed by atoms with Crippen molar-refractivity contribution in [2.45, 2.75) is 25.8 Å². The summed E-state index contributed by atoms with van der Waals surface area (Å²) < 4.78 is 0. The molecule has 14 heavy (non-hydrogen) atoms. The van der Waals surface area contributed by atoms with E-state index in [1.165, 1.54) is 25.0 Å². The van der Waals surface area contributed by atoms with Crippen molar-refractivity contribution in [3.05, 3.63) is 11.1 Å². The summed E-state index contributed by atoms with van der Waals surface area (Å²) in [5.74, 6) is 0.957. The number of piperazine rings is 1. The fourth-order valence-corrected chi connectivity index (χ4v) is 2.26. The van der Waals surface area contributed by atoms with Gasteiger partial charge < -0.3 is 5.32 Å². The Morgan fingerprint density at radius 3 is 3.00 bits per heavy atom. The number of hydrogen-bond donors (Lipinski definition) is 1. The molecule has 0 aromatic heterocycles. The average Bonchev–Trinajstić information content (AvgIpc) is 3.01. The Bertz CT molecular complexity index is 223. The summed E-state index contributed by atoms with van der Waals surface area (Å²) in [5.41, 5.74) is 2.97. The number of hydrogen-bond acceptors (Lipinski definition) is 2. The molecule has 1 atom stereocenters. The Kier molecular flexibility index (Phi) is 3.47. The van der Waals surface area contributed by atoms with Crippen LogP contribution >= 0.6 is 11.6 Å². The zero-order chi connectivity index (χ0) is 9.97. The summed E-state index contributed by atoms with van der Waals surface area (Å²) in [4.78, 5) is 2.51. The molecule has 1 heterocycles. The van der Waals surface area contributed by atoms with Gasteiger partial charge in [-0.05, 0) is 31.3 Å². The van der Waals surface area contributed by atoms with Crippen molar-refractivity contribution in [3.8, 4) is 0 Å². The number of rotatable bonds is 3. The zero-order valence-electron chi connectivity index (χ0n) is 8.80. The largest absolute Gasteiger partial charge is 0.311 e. The minimum absolute atomic E-state index is 0.742. The average molecular weight is 215 g/mol. The molecule has 1 saturated carbocycles. The molecule has 2 fully saturated rings. The number of halogens is 1. The first kappa shape index (κ1) is 10.5. The fourth-order valence-electron chi connectivity index (χ4n) is 2.19. The predicted molar refractivity (Wildman–Crippen MR) is 60.6 cm³/mol. The SMILES string of the molecule is CC(=CCl)CN1CCNC(C2CC2)C1. The van der Waals surface area contributed by atoms with Crippen LogP contribution in [0.1, 0.15) is 19.8 Å². The van der Waals surface area contributed by atoms with Crippen LogP contribution in [0.15, 0.2) is 11.1 Å². The third-order valence-corrected chi connectivity index (χ3v) is 3.51. The van der Waals surface area contributed by atoms with Gasteiger partial charge in [-0.3, -0.25) is 4.90 Å². The first-order valence-corrected chi connectivity index (χ1v) is 5.95. The lowest BCUT2D eigenvalue weighted by Crippen LogP contribution is -2.51. The monoisotopic (exact) mass is 214 g/mol. The van der Waals surface area contributed by atoms with E-state index in [-0.39, 0.29) is 0 Å². The van der Waals surface area contributed by atoms with Gasteiger partial charge in [0.15, 0.2) is 0 Å². The van der Waals surface area contributed by atoms with Crippen LogP contribution in [0.4, 0.5) is 0 Å². The van der Waals surface area contributed by atoms with Crippen LogP contribution in [0.5, 0.6) is 0 Å². The molecule has 3 heteroatoms. The standard InChI is InChI=1S/C11H19ClN2/c1-9(6-12)7-14-5-4-13-11(8-14)10-2-3-10/h6,10-11,13H,2-5,7-8H2,1H3. The van der Waals surface area contributed by atoms with Crippen molar-refractivity contribution >= 4 is 11.6 Å². The van der Waals surface area contributed by atoms with E-state index in [0.717, 1.165) is 31.6 Å². The molecular formula is C11H19ClN2. The van der Waals surface area contributed by atoms with Gasteiger partial charge in [-0.25, -0.2) is 0 Å². The van der Waals surface area contributed by atoms with Crippen LogP contribution in [0.3, 0.4) is 0 Å². The third-order valence-electron chi connectivity index (χ3n) is 3.14. The molecule has 0 spiro atoms. The van der Waals surface area contributed by atoms with Crippen LogP contribution in [0, 0.1) is 5.92 Å². The van der Waals surface area contributed by atoms with Crippen molar-refractivity contribution < 1.29 is 0 Å². The van der Waals surface area contributed by atoms with Gasteiger partial charge in [0.1, 0.15) is 0 Å². The predicted octanol–water partition coefficient (Wildman–Crippen LogP) is 1.81. The molecular weight excluding hydrogens is 196 g/mol.